The third-order valence-corrected chi connectivity index (χ3v) is 4.20. The number of hydrogen-bond donors (Lipinski definition) is 1. The predicted molar refractivity (Wildman–Crippen MR) is 90.7 cm³/mol. The van der Waals surface area contributed by atoms with Crippen LogP contribution in [0, 0.1) is 0 Å². The molecule has 0 amide bonds. The van der Waals surface area contributed by atoms with E-state index in [-0.39, 0.29) is 18.7 Å². The van der Waals surface area contributed by atoms with Crippen LogP contribution in [0.3, 0.4) is 0 Å². The maximum absolute atomic E-state index is 11.6. The standard InChI is InChI=1S/C16H23N7O3/c1-25-14(24)11-23-16(19-20-21-23)15(13-5-2-3-10-26-13)18-6-4-8-22-9-7-17-12-22/h3,7,9-10,12-13,15,18H,2,4-6,8,11H2,1H3/t13-,15?/m0/s1. The molecule has 26 heavy (non-hydrogen) atoms. The van der Waals surface area contributed by atoms with Gasteiger partial charge in [0.05, 0.1) is 19.7 Å². The maximum Gasteiger partial charge on any atom is 0.327 e. The van der Waals surface area contributed by atoms with Crippen LogP contribution in [0.15, 0.2) is 31.1 Å². The number of aromatic nitrogens is 6. The Labute approximate surface area is 151 Å². The van der Waals surface area contributed by atoms with Crippen molar-refractivity contribution in [2.24, 2.45) is 0 Å². The van der Waals surface area contributed by atoms with E-state index in [0.29, 0.717) is 5.82 Å². The number of ether oxygens (including phenoxy) is 2. The van der Waals surface area contributed by atoms with Crippen LogP contribution >= 0.6 is 0 Å². The maximum atomic E-state index is 11.6. The second-order valence-electron chi connectivity index (χ2n) is 5.98. The quantitative estimate of drug-likeness (QED) is 0.507. The number of hydrogen-bond acceptors (Lipinski definition) is 8. The van der Waals surface area contributed by atoms with Crippen LogP contribution in [-0.4, -0.2) is 55.5 Å². The molecular weight excluding hydrogens is 338 g/mol. The number of imidazole rings is 1. The summed E-state index contributed by atoms with van der Waals surface area (Å²) in [6, 6.07) is -0.220. The van der Waals surface area contributed by atoms with Crippen molar-refractivity contribution in [1.29, 1.82) is 0 Å². The number of aryl methyl sites for hydroxylation is 1. The highest BCUT2D eigenvalue weighted by atomic mass is 16.5. The van der Waals surface area contributed by atoms with E-state index < -0.39 is 5.97 Å². The van der Waals surface area contributed by atoms with Crippen molar-refractivity contribution in [1.82, 2.24) is 35.1 Å². The van der Waals surface area contributed by atoms with Crippen molar-refractivity contribution in [3.8, 4) is 0 Å². The Morgan fingerprint density at radius 1 is 1.54 bits per heavy atom. The lowest BCUT2D eigenvalue weighted by Crippen LogP contribution is -2.37. The van der Waals surface area contributed by atoms with Crippen LogP contribution in [0.2, 0.25) is 0 Å². The lowest BCUT2D eigenvalue weighted by molar-refractivity contribution is -0.141. The lowest BCUT2D eigenvalue weighted by atomic mass is 10.0. The molecule has 1 N–H and O–H groups in total. The van der Waals surface area contributed by atoms with Gasteiger partial charge < -0.3 is 19.4 Å². The van der Waals surface area contributed by atoms with Crippen LogP contribution in [-0.2, 0) is 27.4 Å². The highest BCUT2D eigenvalue weighted by molar-refractivity contribution is 5.68. The van der Waals surface area contributed by atoms with Crippen LogP contribution in [0.1, 0.15) is 31.1 Å². The first-order chi connectivity index (χ1) is 12.8. The molecule has 0 bridgehead atoms. The minimum Gasteiger partial charge on any atom is -0.496 e. The van der Waals surface area contributed by atoms with E-state index in [0.717, 1.165) is 32.4 Å². The van der Waals surface area contributed by atoms with Crippen molar-refractivity contribution in [3.63, 3.8) is 0 Å². The van der Waals surface area contributed by atoms with E-state index >= 15 is 0 Å². The fourth-order valence-corrected chi connectivity index (χ4v) is 2.86. The van der Waals surface area contributed by atoms with Gasteiger partial charge in [-0.25, -0.2) is 9.67 Å². The first-order valence-electron chi connectivity index (χ1n) is 8.60. The molecule has 2 atom stereocenters. The van der Waals surface area contributed by atoms with Crippen molar-refractivity contribution >= 4 is 5.97 Å². The van der Waals surface area contributed by atoms with Gasteiger partial charge in [0, 0.05) is 18.9 Å². The number of carbonyl (C=O) groups excluding carboxylic acids is 1. The Morgan fingerprint density at radius 3 is 3.19 bits per heavy atom. The summed E-state index contributed by atoms with van der Waals surface area (Å²) < 4.78 is 14.0. The monoisotopic (exact) mass is 361 g/mol. The average Bonchev–Trinajstić information content (AvgIpc) is 3.34. The summed E-state index contributed by atoms with van der Waals surface area (Å²) in [5.74, 6) is 0.167. The molecule has 0 aromatic carbocycles. The van der Waals surface area contributed by atoms with Gasteiger partial charge in [-0.05, 0) is 42.3 Å². The first kappa shape index (κ1) is 18.1. The van der Waals surface area contributed by atoms with Crippen LogP contribution in [0.4, 0.5) is 0 Å². The molecule has 1 unspecified atom stereocenters. The number of rotatable bonds is 9. The Balaban J connectivity index is 1.66. The number of tetrazole rings is 1. The van der Waals surface area contributed by atoms with Gasteiger partial charge >= 0.3 is 5.97 Å². The third kappa shape index (κ3) is 4.66. The fourth-order valence-electron chi connectivity index (χ4n) is 2.86. The summed E-state index contributed by atoms with van der Waals surface area (Å²) >= 11 is 0. The molecule has 3 heterocycles. The van der Waals surface area contributed by atoms with Gasteiger partial charge in [0.25, 0.3) is 0 Å². The van der Waals surface area contributed by atoms with Gasteiger partial charge in [0.15, 0.2) is 5.82 Å². The molecule has 0 fully saturated rings. The second-order valence-corrected chi connectivity index (χ2v) is 5.98. The van der Waals surface area contributed by atoms with Gasteiger partial charge in [-0.15, -0.1) is 5.10 Å². The third-order valence-electron chi connectivity index (χ3n) is 4.20. The lowest BCUT2D eigenvalue weighted by Gasteiger charge is -2.28. The Hall–Kier alpha value is -2.75. The van der Waals surface area contributed by atoms with Gasteiger partial charge in [0.2, 0.25) is 0 Å². The van der Waals surface area contributed by atoms with Crippen LogP contribution in [0.25, 0.3) is 0 Å². The van der Waals surface area contributed by atoms with Gasteiger partial charge in [-0.1, -0.05) is 0 Å². The van der Waals surface area contributed by atoms with Crippen molar-refractivity contribution in [2.75, 3.05) is 13.7 Å². The summed E-state index contributed by atoms with van der Waals surface area (Å²) in [5.41, 5.74) is 0. The molecule has 0 saturated heterocycles. The molecular formula is C16H23N7O3. The van der Waals surface area contributed by atoms with Crippen LogP contribution < -0.4 is 5.32 Å². The van der Waals surface area contributed by atoms with Gasteiger partial charge in [-0.3, -0.25) is 4.79 Å². The number of carbonyl (C=O) groups is 1. The van der Waals surface area contributed by atoms with Crippen molar-refractivity contribution in [3.05, 3.63) is 36.9 Å². The minimum absolute atomic E-state index is 0.0331. The molecule has 10 heteroatoms. The van der Waals surface area contributed by atoms with Gasteiger partial charge in [0.1, 0.15) is 18.7 Å². The number of esters is 1. The Bertz CT molecular complexity index is 713. The number of nitrogens with zero attached hydrogens (tertiary/aromatic N) is 6. The summed E-state index contributed by atoms with van der Waals surface area (Å²) in [6.07, 6.45) is 11.8. The fraction of sp³-hybridized carbons (Fsp3) is 0.562. The van der Waals surface area contributed by atoms with E-state index in [1.807, 2.05) is 16.8 Å². The van der Waals surface area contributed by atoms with E-state index in [1.54, 1.807) is 18.8 Å². The Kier molecular flexibility index (Phi) is 6.31. The zero-order valence-corrected chi connectivity index (χ0v) is 14.7. The largest absolute Gasteiger partial charge is 0.496 e. The summed E-state index contributed by atoms with van der Waals surface area (Å²) in [5, 5.41) is 15.2. The zero-order chi connectivity index (χ0) is 18.2. The highest BCUT2D eigenvalue weighted by Gasteiger charge is 2.30. The van der Waals surface area contributed by atoms with Crippen LogP contribution in [0.5, 0.6) is 0 Å². The molecule has 3 rings (SSSR count). The molecule has 0 aliphatic carbocycles. The molecule has 0 spiro atoms. The molecule has 1 aliphatic heterocycles. The molecule has 10 nitrogen and oxygen atoms in total. The summed E-state index contributed by atoms with van der Waals surface area (Å²) in [4.78, 5) is 15.7. The van der Waals surface area contributed by atoms with Crippen molar-refractivity contribution < 1.29 is 14.3 Å². The van der Waals surface area contributed by atoms with E-state index in [2.05, 4.69) is 25.8 Å². The normalized spacial score (nSPS) is 17.7. The molecule has 140 valence electrons. The average molecular weight is 361 g/mol. The van der Waals surface area contributed by atoms with E-state index in [9.17, 15) is 4.79 Å². The minimum atomic E-state index is -0.401. The van der Waals surface area contributed by atoms with E-state index in [1.165, 1.54) is 11.8 Å². The predicted octanol–water partition coefficient (Wildman–Crippen LogP) is 0.456. The van der Waals surface area contributed by atoms with E-state index in [4.69, 9.17) is 9.47 Å². The zero-order valence-electron chi connectivity index (χ0n) is 14.7. The van der Waals surface area contributed by atoms with Crippen molar-refractivity contribution in [2.45, 2.75) is 44.5 Å². The first-order valence-corrected chi connectivity index (χ1v) is 8.60. The second kappa shape index (κ2) is 9.09. The molecule has 2 aromatic rings. The Morgan fingerprint density at radius 2 is 2.46 bits per heavy atom. The SMILES string of the molecule is COC(=O)Cn1nnnc1C(NCCCn1ccnc1)[C@@H]1CCC=CO1. The molecule has 2 aromatic heterocycles. The smallest absolute Gasteiger partial charge is 0.327 e. The summed E-state index contributed by atoms with van der Waals surface area (Å²) in [6.45, 7) is 1.57. The summed E-state index contributed by atoms with van der Waals surface area (Å²) in [7, 11) is 1.34. The molecule has 1 aliphatic rings. The number of allylic oxidation sites excluding steroid dienone is 1. The molecule has 0 saturated carbocycles. The van der Waals surface area contributed by atoms with Gasteiger partial charge in [-0.2, -0.15) is 0 Å². The topological polar surface area (TPSA) is 109 Å². The highest BCUT2D eigenvalue weighted by Crippen LogP contribution is 2.24. The number of methoxy groups -OCH3 is 1. The molecule has 0 radical (unpaired) electrons. The number of nitrogens with one attached hydrogen (secondary N) is 1.